The summed E-state index contributed by atoms with van der Waals surface area (Å²) in [5.74, 6) is -0.269. The first-order valence-electron chi connectivity index (χ1n) is 6.64. The lowest BCUT2D eigenvalue weighted by Gasteiger charge is -2.16. The summed E-state index contributed by atoms with van der Waals surface area (Å²) < 4.78 is 19.5. The van der Waals surface area contributed by atoms with Gasteiger partial charge in [-0.25, -0.2) is 4.39 Å². The van der Waals surface area contributed by atoms with Gasteiger partial charge in [0.25, 0.3) is 5.91 Å². The molecule has 0 bridgehead atoms. The van der Waals surface area contributed by atoms with Gasteiger partial charge in [0.2, 0.25) is 0 Å². The van der Waals surface area contributed by atoms with E-state index in [-0.39, 0.29) is 5.91 Å². The second-order valence-corrected chi connectivity index (χ2v) is 5.72. The monoisotopic (exact) mass is 349 g/mol. The van der Waals surface area contributed by atoms with Crippen LogP contribution in [0.25, 0.3) is 0 Å². The molecule has 3 rings (SSSR count). The summed E-state index contributed by atoms with van der Waals surface area (Å²) in [5.41, 5.74) is 1.90. The first-order chi connectivity index (χ1) is 10.1. The van der Waals surface area contributed by atoms with Crippen LogP contribution in [0.4, 0.5) is 10.1 Å². The van der Waals surface area contributed by atoms with Gasteiger partial charge in [-0.3, -0.25) is 4.79 Å². The molecule has 0 fully saturated rings. The number of benzene rings is 2. The van der Waals surface area contributed by atoms with E-state index in [9.17, 15) is 9.18 Å². The molecule has 2 aromatic rings. The van der Waals surface area contributed by atoms with Crippen molar-refractivity contribution in [3.05, 3.63) is 58.3 Å². The SMILES string of the molecule is O=C1Nc2ccccc2CCC1Oc1ccc(Br)c(F)c1. The molecule has 1 amide bonds. The van der Waals surface area contributed by atoms with Crippen LogP contribution in [-0.4, -0.2) is 12.0 Å². The number of para-hydroxylation sites is 1. The quantitative estimate of drug-likeness (QED) is 0.892. The van der Waals surface area contributed by atoms with Gasteiger partial charge in [-0.2, -0.15) is 0 Å². The molecule has 3 nitrogen and oxygen atoms in total. The Bertz CT molecular complexity index is 690. The van der Waals surface area contributed by atoms with Gasteiger partial charge in [-0.15, -0.1) is 0 Å². The third-order valence-corrected chi connectivity index (χ3v) is 4.06. The van der Waals surface area contributed by atoms with E-state index in [0.29, 0.717) is 16.6 Å². The van der Waals surface area contributed by atoms with Crippen molar-refractivity contribution < 1.29 is 13.9 Å². The molecule has 0 radical (unpaired) electrons. The topological polar surface area (TPSA) is 38.3 Å². The molecule has 21 heavy (non-hydrogen) atoms. The molecule has 1 N–H and O–H groups in total. The first-order valence-corrected chi connectivity index (χ1v) is 7.43. The molecular weight excluding hydrogens is 337 g/mol. The summed E-state index contributed by atoms with van der Waals surface area (Å²) in [4.78, 5) is 12.2. The number of hydrogen-bond donors (Lipinski definition) is 1. The fourth-order valence-corrected chi connectivity index (χ4v) is 2.56. The number of aryl methyl sites for hydroxylation is 1. The van der Waals surface area contributed by atoms with Crippen molar-refractivity contribution in [2.45, 2.75) is 18.9 Å². The number of carbonyl (C=O) groups excluding carboxylic acids is 1. The number of hydrogen-bond acceptors (Lipinski definition) is 2. The van der Waals surface area contributed by atoms with Crippen molar-refractivity contribution in [1.29, 1.82) is 0 Å². The second kappa shape index (κ2) is 5.85. The number of amides is 1. The van der Waals surface area contributed by atoms with Crippen molar-refractivity contribution in [1.82, 2.24) is 0 Å². The molecule has 0 aliphatic carbocycles. The Balaban J connectivity index is 1.78. The normalized spacial score (nSPS) is 17.6. The van der Waals surface area contributed by atoms with Gasteiger partial charge in [-0.05, 0) is 52.5 Å². The third kappa shape index (κ3) is 3.08. The lowest BCUT2D eigenvalue weighted by atomic mass is 10.1. The Morgan fingerprint density at radius 3 is 2.86 bits per heavy atom. The first kappa shape index (κ1) is 14.1. The number of ether oxygens (including phenoxy) is 1. The molecule has 1 atom stereocenters. The lowest BCUT2D eigenvalue weighted by Crippen LogP contribution is -2.31. The molecule has 0 saturated carbocycles. The zero-order valence-corrected chi connectivity index (χ0v) is 12.7. The maximum atomic E-state index is 13.5. The Morgan fingerprint density at radius 1 is 1.24 bits per heavy atom. The number of nitrogens with one attached hydrogen (secondary N) is 1. The van der Waals surface area contributed by atoms with E-state index in [1.54, 1.807) is 12.1 Å². The predicted octanol–water partition coefficient (Wildman–Crippen LogP) is 3.92. The molecule has 5 heteroatoms. The van der Waals surface area contributed by atoms with Crippen LogP contribution < -0.4 is 10.1 Å². The van der Waals surface area contributed by atoms with E-state index < -0.39 is 11.9 Å². The zero-order chi connectivity index (χ0) is 14.8. The Hall–Kier alpha value is -1.88. The summed E-state index contributed by atoms with van der Waals surface area (Å²) >= 11 is 3.09. The predicted molar refractivity (Wildman–Crippen MR) is 81.9 cm³/mol. The number of carbonyl (C=O) groups is 1. The molecule has 0 aromatic heterocycles. The maximum Gasteiger partial charge on any atom is 0.265 e. The average Bonchev–Trinajstić information content (AvgIpc) is 2.63. The van der Waals surface area contributed by atoms with Crippen molar-refractivity contribution in [2.24, 2.45) is 0 Å². The summed E-state index contributed by atoms with van der Waals surface area (Å²) in [7, 11) is 0. The summed E-state index contributed by atoms with van der Waals surface area (Å²) in [6.45, 7) is 0. The Labute approximate surface area is 130 Å². The van der Waals surface area contributed by atoms with Crippen LogP contribution >= 0.6 is 15.9 Å². The van der Waals surface area contributed by atoms with Gasteiger partial charge in [0, 0.05) is 11.8 Å². The summed E-state index contributed by atoms with van der Waals surface area (Å²) in [6.07, 6.45) is 0.664. The van der Waals surface area contributed by atoms with Gasteiger partial charge in [-0.1, -0.05) is 18.2 Å². The highest BCUT2D eigenvalue weighted by Crippen LogP contribution is 2.26. The fourth-order valence-electron chi connectivity index (χ4n) is 2.32. The molecule has 0 spiro atoms. The molecule has 0 saturated heterocycles. The van der Waals surface area contributed by atoms with Crippen molar-refractivity contribution in [3.8, 4) is 5.75 Å². The van der Waals surface area contributed by atoms with Gasteiger partial charge >= 0.3 is 0 Å². The second-order valence-electron chi connectivity index (χ2n) is 4.87. The highest BCUT2D eigenvalue weighted by atomic mass is 79.9. The highest BCUT2D eigenvalue weighted by molar-refractivity contribution is 9.10. The van der Waals surface area contributed by atoms with Crippen molar-refractivity contribution >= 4 is 27.5 Å². The largest absolute Gasteiger partial charge is 0.480 e. The van der Waals surface area contributed by atoms with E-state index in [1.165, 1.54) is 6.07 Å². The van der Waals surface area contributed by atoms with E-state index in [4.69, 9.17) is 4.74 Å². The van der Waals surface area contributed by atoms with Crippen LogP contribution in [0.3, 0.4) is 0 Å². The molecule has 1 aliphatic rings. The van der Waals surface area contributed by atoms with E-state index in [1.807, 2.05) is 24.3 Å². The maximum absolute atomic E-state index is 13.5. The molecule has 2 aromatic carbocycles. The van der Waals surface area contributed by atoms with Gasteiger partial charge < -0.3 is 10.1 Å². The minimum absolute atomic E-state index is 0.205. The van der Waals surface area contributed by atoms with Gasteiger partial charge in [0.15, 0.2) is 6.10 Å². The van der Waals surface area contributed by atoms with Crippen LogP contribution in [-0.2, 0) is 11.2 Å². The average molecular weight is 350 g/mol. The smallest absolute Gasteiger partial charge is 0.265 e. The molecule has 1 unspecified atom stereocenters. The van der Waals surface area contributed by atoms with Crippen LogP contribution in [0.1, 0.15) is 12.0 Å². The van der Waals surface area contributed by atoms with Crippen molar-refractivity contribution in [3.63, 3.8) is 0 Å². The molecular formula is C16H13BrFNO2. The molecule has 1 aliphatic heterocycles. The lowest BCUT2D eigenvalue weighted by molar-refractivity contribution is -0.122. The molecule has 108 valence electrons. The van der Waals surface area contributed by atoms with Gasteiger partial charge in [0.1, 0.15) is 11.6 Å². The fraction of sp³-hybridized carbons (Fsp3) is 0.188. The van der Waals surface area contributed by atoms with E-state index >= 15 is 0 Å². The minimum Gasteiger partial charge on any atom is -0.480 e. The zero-order valence-electron chi connectivity index (χ0n) is 11.1. The van der Waals surface area contributed by atoms with Crippen LogP contribution in [0.15, 0.2) is 46.9 Å². The summed E-state index contributed by atoms with van der Waals surface area (Å²) in [5, 5.41) is 2.85. The Kier molecular flexibility index (Phi) is 3.92. The minimum atomic E-state index is -0.627. The van der Waals surface area contributed by atoms with Gasteiger partial charge in [0.05, 0.1) is 4.47 Å². The van der Waals surface area contributed by atoms with Crippen molar-refractivity contribution in [2.75, 3.05) is 5.32 Å². The van der Waals surface area contributed by atoms with Crippen LogP contribution in [0.2, 0.25) is 0 Å². The number of rotatable bonds is 2. The number of halogens is 2. The third-order valence-electron chi connectivity index (χ3n) is 3.41. The summed E-state index contributed by atoms with van der Waals surface area (Å²) in [6, 6.07) is 12.1. The highest BCUT2D eigenvalue weighted by Gasteiger charge is 2.25. The Morgan fingerprint density at radius 2 is 2.05 bits per heavy atom. The van der Waals surface area contributed by atoms with E-state index in [2.05, 4.69) is 21.2 Å². The number of fused-ring (bicyclic) bond motifs is 1. The standard InChI is InChI=1S/C16H13BrFNO2/c17-12-7-6-11(9-13(12)18)21-15-8-5-10-3-1-2-4-14(10)19-16(15)20/h1-4,6-7,9,15H,5,8H2,(H,19,20). The molecule has 1 heterocycles. The number of anilines is 1. The van der Waals surface area contributed by atoms with Crippen LogP contribution in [0, 0.1) is 5.82 Å². The van der Waals surface area contributed by atoms with Crippen LogP contribution in [0.5, 0.6) is 5.75 Å². The van der Waals surface area contributed by atoms with E-state index in [0.717, 1.165) is 17.7 Å².